The Kier molecular flexibility index (Phi) is 5.09. The summed E-state index contributed by atoms with van der Waals surface area (Å²) in [6, 6.07) is 10.8. The Morgan fingerprint density at radius 1 is 1.29 bits per heavy atom. The summed E-state index contributed by atoms with van der Waals surface area (Å²) in [5, 5.41) is 1.55. The monoisotopic (exact) mass is 306 g/mol. The molecule has 0 fully saturated rings. The van der Waals surface area contributed by atoms with Crippen LogP contribution in [0.1, 0.15) is 11.1 Å². The number of benzene rings is 2. The van der Waals surface area contributed by atoms with Crippen molar-refractivity contribution >= 4 is 17.4 Å². The molecule has 0 atom stereocenters. The summed E-state index contributed by atoms with van der Waals surface area (Å²) in [6.07, 6.45) is 1.99. The molecule has 112 valence electrons. The van der Waals surface area contributed by atoms with E-state index in [4.69, 9.17) is 10.6 Å². The summed E-state index contributed by atoms with van der Waals surface area (Å²) in [5.41, 5.74) is 2.69. The van der Waals surface area contributed by atoms with Crippen molar-refractivity contribution in [3.63, 3.8) is 0 Å². The van der Waals surface area contributed by atoms with Crippen LogP contribution in [0.2, 0.25) is 0 Å². The number of hydrogen-bond donors (Lipinski definition) is 1. The number of halogens is 1. The summed E-state index contributed by atoms with van der Waals surface area (Å²) in [5.74, 6) is 5.76. The number of hydrogen-bond acceptors (Lipinski definition) is 4. The van der Waals surface area contributed by atoms with E-state index in [2.05, 4.69) is 0 Å². The van der Waals surface area contributed by atoms with E-state index in [0.717, 1.165) is 21.7 Å². The first-order valence-corrected chi connectivity index (χ1v) is 7.78. The van der Waals surface area contributed by atoms with Crippen molar-refractivity contribution in [2.45, 2.75) is 18.4 Å². The lowest BCUT2D eigenvalue weighted by atomic mass is 10.2. The molecule has 0 aliphatic carbocycles. The smallest absolute Gasteiger partial charge is 0.165 e. The van der Waals surface area contributed by atoms with Gasteiger partial charge in [0.15, 0.2) is 11.6 Å². The van der Waals surface area contributed by atoms with Crippen LogP contribution < -0.4 is 15.6 Å². The van der Waals surface area contributed by atoms with Gasteiger partial charge in [0.1, 0.15) is 6.61 Å². The van der Waals surface area contributed by atoms with Gasteiger partial charge in [-0.2, -0.15) is 0 Å². The molecule has 21 heavy (non-hydrogen) atoms. The summed E-state index contributed by atoms with van der Waals surface area (Å²) < 4.78 is 19.5. The molecule has 0 aliphatic rings. The second kappa shape index (κ2) is 6.83. The number of nitrogens with two attached hydrogens (primary N) is 1. The summed E-state index contributed by atoms with van der Waals surface area (Å²) in [6.45, 7) is 2.12. The van der Waals surface area contributed by atoms with Crippen LogP contribution >= 0.6 is 11.8 Å². The van der Waals surface area contributed by atoms with E-state index in [0.29, 0.717) is 0 Å². The summed E-state index contributed by atoms with van der Waals surface area (Å²) in [7, 11) is 1.77. The number of hydrazine groups is 1. The fraction of sp³-hybridized carbons (Fsp3) is 0.250. The van der Waals surface area contributed by atoms with Crippen molar-refractivity contribution in [1.82, 2.24) is 0 Å². The largest absolute Gasteiger partial charge is 0.486 e. The van der Waals surface area contributed by atoms with Crippen LogP contribution in [0.5, 0.6) is 5.75 Å². The number of nitrogens with zero attached hydrogens (tertiary/aromatic N) is 1. The lowest BCUT2D eigenvalue weighted by Gasteiger charge is -2.19. The number of rotatable bonds is 5. The van der Waals surface area contributed by atoms with Crippen LogP contribution in [0.3, 0.4) is 0 Å². The zero-order valence-corrected chi connectivity index (χ0v) is 13.2. The number of ether oxygens (including phenoxy) is 1. The van der Waals surface area contributed by atoms with Gasteiger partial charge >= 0.3 is 0 Å². The first kappa shape index (κ1) is 15.7. The lowest BCUT2D eigenvalue weighted by molar-refractivity contribution is 0.288. The van der Waals surface area contributed by atoms with E-state index in [1.807, 2.05) is 37.4 Å². The molecule has 0 unspecified atom stereocenters. The molecular weight excluding hydrogens is 287 g/mol. The van der Waals surface area contributed by atoms with E-state index >= 15 is 0 Å². The van der Waals surface area contributed by atoms with Gasteiger partial charge in [-0.3, -0.25) is 0 Å². The highest BCUT2D eigenvalue weighted by atomic mass is 32.2. The quantitative estimate of drug-likeness (QED) is 0.519. The average Bonchev–Trinajstić information content (AvgIpc) is 2.45. The molecule has 2 aromatic carbocycles. The summed E-state index contributed by atoms with van der Waals surface area (Å²) >= 11 is 1.61. The fourth-order valence-electron chi connectivity index (χ4n) is 2.09. The molecule has 0 saturated heterocycles. The molecule has 0 amide bonds. The molecule has 0 spiro atoms. The Labute approximate surface area is 128 Å². The van der Waals surface area contributed by atoms with Crippen molar-refractivity contribution in [1.29, 1.82) is 0 Å². The standard InChI is InChI=1S/C16H19FN2OS/c1-11-7-8-15(13(17)9-11)20-10-12-14(19(2)18)5-4-6-16(12)21-3/h4-9H,10,18H2,1-3H3. The maximum absolute atomic E-state index is 13.8. The molecule has 0 aliphatic heterocycles. The topological polar surface area (TPSA) is 38.5 Å². The fourth-order valence-corrected chi connectivity index (χ4v) is 2.72. The van der Waals surface area contributed by atoms with Crippen LogP contribution in [-0.4, -0.2) is 13.3 Å². The Balaban J connectivity index is 2.26. The molecular formula is C16H19FN2OS. The Morgan fingerprint density at radius 2 is 2.05 bits per heavy atom. The molecule has 3 nitrogen and oxygen atoms in total. The molecule has 5 heteroatoms. The third-order valence-electron chi connectivity index (χ3n) is 3.17. The minimum Gasteiger partial charge on any atom is -0.486 e. The minimum atomic E-state index is -0.348. The molecule has 0 bridgehead atoms. The molecule has 2 rings (SSSR count). The average molecular weight is 306 g/mol. The van der Waals surface area contributed by atoms with E-state index < -0.39 is 0 Å². The highest BCUT2D eigenvalue weighted by molar-refractivity contribution is 7.98. The normalized spacial score (nSPS) is 10.5. The van der Waals surface area contributed by atoms with Gasteiger partial charge in [0, 0.05) is 17.5 Å². The lowest BCUT2D eigenvalue weighted by Crippen LogP contribution is -2.26. The molecule has 0 heterocycles. The first-order chi connectivity index (χ1) is 10.0. The Bertz CT molecular complexity index is 632. The van der Waals surface area contributed by atoms with Crippen molar-refractivity contribution in [3.05, 3.63) is 53.3 Å². The highest BCUT2D eigenvalue weighted by Gasteiger charge is 2.12. The van der Waals surface area contributed by atoms with Gasteiger partial charge in [0.2, 0.25) is 0 Å². The highest BCUT2D eigenvalue weighted by Crippen LogP contribution is 2.30. The van der Waals surface area contributed by atoms with Crippen molar-refractivity contribution < 1.29 is 9.13 Å². The number of aryl methyl sites for hydroxylation is 1. The molecule has 2 aromatic rings. The second-order valence-corrected chi connectivity index (χ2v) is 5.64. The predicted octanol–water partition coefficient (Wildman–Crippen LogP) is 3.74. The third-order valence-corrected chi connectivity index (χ3v) is 3.99. The zero-order chi connectivity index (χ0) is 15.4. The Morgan fingerprint density at radius 3 is 2.67 bits per heavy atom. The van der Waals surface area contributed by atoms with Gasteiger partial charge in [-0.1, -0.05) is 12.1 Å². The molecule has 0 aromatic heterocycles. The zero-order valence-electron chi connectivity index (χ0n) is 12.4. The van der Waals surface area contributed by atoms with Crippen molar-refractivity contribution in [2.24, 2.45) is 5.84 Å². The molecule has 0 radical (unpaired) electrons. The predicted molar refractivity (Wildman–Crippen MR) is 86.3 cm³/mol. The van der Waals surface area contributed by atoms with E-state index in [1.165, 1.54) is 6.07 Å². The van der Waals surface area contributed by atoms with Gasteiger partial charge in [-0.05, 0) is 43.0 Å². The van der Waals surface area contributed by atoms with Crippen LogP contribution in [0.4, 0.5) is 10.1 Å². The van der Waals surface area contributed by atoms with Gasteiger partial charge in [0.25, 0.3) is 0 Å². The maximum Gasteiger partial charge on any atom is 0.165 e. The number of anilines is 1. The summed E-state index contributed by atoms with van der Waals surface area (Å²) in [4.78, 5) is 1.07. The van der Waals surface area contributed by atoms with Crippen LogP contribution in [0, 0.1) is 12.7 Å². The maximum atomic E-state index is 13.8. The van der Waals surface area contributed by atoms with Crippen LogP contribution in [0.25, 0.3) is 0 Å². The van der Waals surface area contributed by atoms with Gasteiger partial charge in [0.05, 0.1) is 5.69 Å². The Hall–Kier alpha value is -1.72. The van der Waals surface area contributed by atoms with Crippen molar-refractivity contribution in [2.75, 3.05) is 18.3 Å². The van der Waals surface area contributed by atoms with Crippen LogP contribution in [-0.2, 0) is 6.61 Å². The third kappa shape index (κ3) is 3.68. The van der Waals surface area contributed by atoms with E-state index in [9.17, 15) is 4.39 Å². The van der Waals surface area contributed by atoms with Crippen molar-refractivity contribution in [3.8, 4) is 5.75 Å². The van der Waals surface area contributed by atoms with Gasteiger partial charge < -0.3 is 9.75 Å². The molecule has 2 N–H and O–H groups in total. The molecule has 0 saturated carbocycles. The second-order valence-electron chi connectivity index (χ2n) is 4.79. The minimum absolute atomic E-state index is 0.252. The number of thioether (sulfide) groups is 1. The van der Waals surface area contributed by atoms with Crippen LogP contribution in [0.15, 0.2) is 41.3 Å². The SMILES string of the molecule is CSc1cccc(N(C)N)c1COc1ccc(C)cc1F. The van der Waals surface area contributed by atoms with E-state index in [1.54, 1.807) is 29.9 Å². The van der Waals surface area contributed by atoms with Gasteiger partial charge in [-0.25, -0.2) is 10.2 Å². The van der Waals surface area contributed by atoms with Gasteiger partial charge in [-0.15, -0.1) is 11.8 Å². The first-order valence-electron chi connectivity index (χ1n) is 6.56. The van der Waals surface area contributed by atoms with E-state index in [-0.39, 0.29) is 18.2 Å².